The Kier molecular flexibility index (Phi) is 7.51. The Bertz CT molecular complexity index is 817. The van der Waals surface area contributed by atoms with Gasteiger partial charge in [-0.3, -0.25) is 0 Å². The fraction of sp³-hybridized carbons (Fsp3) is 1.00. The zero-order valence-electron chi connectivity index (χ0n) is 24.1. The second kappa shape index (κ2) is 8.05. The van der Waals surface area contributed by atoms with E-state index in [1.54, 1.807) is 0 Å². The van der Waals surface area contributed by atoms with E-state index < -0.39 is 73.6 Å². The van der Waals surface area contributed by atoms with E-state index in [2.05, 4.69) is 0 Å². The molecule has 0 saturated heterocycles. The Morgan fingerprint density at radius 1 is 0.243 bits per heavy atom. The molecule has 12 heteroatoms. The van der Waals surface area contributed by atoms with Crippen LogP contribution in [0.15, 0.2) is 0 Å². The highest BCUT2D eigenvalue weighted by Gasteiger charge is 2.79. The van der Waals surface area contributed by atoms with E-state index >= 15 is 0 Å². The number of hydrogen-bond acceptors (Lipinski definition) is 12. The first-order chi connectivity index (χ1) is 15.5. The van der Waals surface area contributed by atoms with Gasteiger partial charge in [0.05, 0.1) is 11.2 Å². The van der Waals surface area contributed by atoms with Gasteiger partial charge in [-0.2, -0.15) is 0 Å². The van der Waals surface area contributed by atoms with Crippen LogP contribution in [0.5, 0.6) is 0 Å². The molecule has 1 fully saturated rings. The van der Waals surface area contributed by atoms with Crippen molar-refractivity contribution in [2.45, 2.75) is 157 Å². The largest absolute Gasteiger partial charge is 0.387 e. The zero-order chi connectivity index (χ0) is 30.7. The van der Waals surface area contributed by atoms with Gasteiger partial charge in [0.1, 0.15) is 56.0 Å². The average Bonchev–Trinajstić information content (AvgIpc) is 2.64. The molecule has 222 valence electrons. The molecule has 0 amide bonds. The van der Waals surface area contributed by atoms with Crippen molar-refractivity contribution in [1.82, 2.24) is 0 Å². The van der Waals surface area contributed by atoms with Gasteiger partial charge < -0.3 is 61.3 Å². The van der Waals surface area contributed by atoms with Crippen LogP contribution >= 0.6 is 0 Å². The summed E-state index contributed by atoms with van der Waals surface area (Å²) in [6, 6.07) is 0. The Morgan fingerprint density at radius 2 is 0.351 bits per heavy atom. The Morgan fingerprint density at radius 3 is 0.486 bits per heavy atom. The Hall–Kier alpha value is -0.480. The van der Waals surface area contributed by atoms with Gasteiger partial charge in [0, 0.05) is 6.42 Å². The minimum Gasteiger partial charge on any atom is -0.387 e. The molecule has 12 unspecified atom stereocenters. The number of aliphatic hydroxyl groups is 12. The van der Waals surface area contributed by atoms with E-state index in [9.17, 15) is 61.3 Å². The molecular weight excluding hydrogens is 492 g/mol. The van der Waals surface area contributed by atoms with Crippen LogP contribution in [0.3, 0.4) is 0 Å². The third-order valence-electron chi connectivity index (χ3n) is 11.3. The predicted molar refractivity (Wildman–Crippen MR) is 132 cm³/mol. The summed E-state index contributed by atoms with van der Waals surface area (Å²) in [4.78, 5) is 0. The van der Waals surface area contributed by atoms with Gasteiger partial charge in [-0.15, -0.1) is 0 Å². The van der Waals surface area contributed by atoms with Crippen molar-refractivity contribution in [3.8, 4) is 0 Å². The lowest BCUT2D eigenvalue weighted by atomic mass is 9.52. The molecule has 0 bridgehead atoms. The van der Waals surface area contributed by atoms with Crippen LogP contribution < -0.4 is 0 Å². The summed E-state index contributed by atoms with van der Waals surface area (Å²) >= 11 is 0. The summed E-state index contributed by atoms with van der Waals surface area (Å²) in [5.41, 5.74) is -35.3. The molecule has 1 saturated carbocycles. The standard InChI is InChI=1S/C25H50O12/c1-14(26)13-15(2,27)17(4,29)19(6,31)21(8,33)23(10,35)25(12,37)24(11,36)22(9,34)20(7,32)18(5,30)16(14,3)28/h26-37H,13H2,1-12H3. The van der Waals surface area contributed by atoms with Crippen LogP contribution in [0.4, 0.5) is 0 Å². The van der Waals surface area contributed by atoms with Crippen LogP contribution in [-0.2, 0) is 0 Å². The minimum absolute atomic E-state index is 0.775. The molecule has 1 rings (SSSR count). The summed E-state index contributed by atoms with van der Waals surface area (Å²) < 4.78 is 0. The van der Waals surface area contributed by atoms with Gasteiger partial charge in [-0.05, 0) is 83.1 Å². The third kappa shape index (κ3) is 3.65. The topological polar surface area (TPSA) is 243 Å². The van der Waals surface area contributed by atoms with Crippen LogP contribution in [0, 0.1) is 0 Å². The molecule has 0 radical (unpaired) electrons. The normalized spacial score (nSPS) is 64.9. The van der Waals surface area contributed by atoms with Crippen LogP contribution in [0.1, 0.15) is 89.5 Å². The van der Waals surface area contributed by atoms with E-state index in [0.29, 0.717) is 0 Å². The smallest absolute Gasteiger partial charge is 0.124 e. The summed E-state index contributed by atoms with van der Waals surface area (Å²) in [6.07, 6.45) is -1.02. The van der Waals surface area contributed by atoms with Gasteiger partial charge in [0.2, 0.25) is 0 Å². The van der Waals surface area contributed by atoms with Crippen molar-refractivity contribution in [3.63, 3.8) is 0 Å². The highest BCUT2D eigenvalue weighted by molar-refractivity contribution is 5.31. The van der Waals surface area contributed by atoms with E-state index in [4.69, 9.17) is 0 Å². The maximum absolute atomic E-state index is 11.6. The van der Waals surface area contributed by atoms with E-state index in [1.165, 1.54) is 0 Å². The Labute approximate surface area is 218 Å². The Balaban J connectivity index is 4.46. The van der Waals surface area contributed by atoms with Crippen molar-refractivity contribution in [3.05, 3.63) is 0 Å². The molecular formula is C25H50O12. The van der Waals surface area contributed by atoms with Crippen molar-refractivity contribution >= 4 is 0 Å². The highest BCUT2D eigenvalue weighted by atomic mass is 16.5. The molecule has 0 aromatic rings. The van der Waals surface area contributed by atoms with E-state index in [-0.39, 0.29) is 0 Å². The quantitative estimate of drug-likeness (QED) is 0.151. The first-order valence-corrected chi connectivity index (χ1v) is 12.1. The van der Waals surface area contributed by atoms with Gasteiger partial charge in [-0.1, -0.05) is 0 Å². The molecule has 0 aliphatic heterocycles. The molecule has 0 aromatic carbocycles. The predicted octanol–water partition coefficient (Wildman–Crippen LogP) is -2.60. The second-order valence-electron chi connectivity index (χ2n) is 13.4. The summed E-state index contributed by atoms with van der Waals surface area (Å²) in [5.74, 6) is 0. The summed E-state index contributed by atoms with van der Waals surface area (Å²) in [6.45, 7) is 10.0. The number of hydrogen-bond donors (Lipinski definition) is 12. The molecule has 0 heterocycles. The second-order valence-corrected chi connectivity index (χ2v) is 13.4. The van der Waals surface area contributed by atoms with Crippen molar-refractivity contribution in [1.29, 1.82) is 0 Å². The van der Waals surface area contributed by atoms with Crippen molar-refractivity contribution < 1.29 is 61.3 Å². The maximum Gasteiger partial charge on any atom is 0.124 e. The molecule has 0 spiro atoms. The van der Waals surface area contributed by atoms with Crippen LogP contribution in [-0.4, -0.2) is 128 Å². The van der Waals surface area contributed by atoms with Gasteiger partial charge in [0.25, 0.3) is 0 Å². The van der Waals surface area contributed by atoms with Crippen molar-refractivity contribution in [2.75, 3.05) is 0 Å². The first-order valence-electron chi connectivity index (χ1n) is 12.1. The fourth-order valence-corrected chi connectivity index (χ4v) is 5.85. The molecule has 37 heavy (non-hydrogen) atoms. The average molecular weight is 543 g/mol. The lowest BCUT2D eigenvalue weighted by Gasteiger charge is -2.64. The van der Waals surface area contributed by atoms with Gasteiger partial charge >= 0.3 is 0 Å². The minimum atomic E-state index is -3.10. The molecule has 12 atom stereocenters. The first kappa shape index (κ1) is 34.5. The maximum atomic E-state index is 11.6. The van der Waals surface area contributed by atoms with Gasteiger partial charge in [-0.25, -0.2) is 0 Å². The molecule has 1 aliphatic carbocycles. The number of rotatable bonds is 0. The molecule has 12 N–H and O–H groups in total. The summed E-state index contributed by atoms with van der Waals surface area (Å²) in [7, 11) is 0. The fourth-order valence-electron chi connectivity index (χ4n) is 5.85. The third-order valence-corrected chi connectivity index (χ3v) is 11.3. The zero-order valence-corrected chi connectivity index (χ0v) is 24.1. The van der Waals surface area contributed by atoms with Gasteiger partial charge in [0.15, 0.2) is 0 Å². The molecule has 0 aromatic heterocycles. The van der Waals surface area contributed by atoms with E-state index in [0.717, 1.165) is 83.1 Å². The summed E-state index contributed by atoms with van der Waals surface area (Å²) in [5, 5.41) is 139. The highest BCUT2D eigenvalue weighted by Crippen LogP contribution is 2.57. The lowest BCUT2D eigenvalue weighted by Crippen LogP contribution is -2.87. The lowest BCUT2D eigenvalue weighted by molar-refractivity contribution is -0.383. The van der Waals surface area contributed by atoms with Crippen LogP contribution in [0.25, 0.3) is 0 Å². The molecule has 1 aliphatic rings. The molecule has 12 nitrogen and oxygen atoms in total. The SMILES string of the molecule is CC1(O)CC(C)(O)C(C)(O)C(C)(O)C(C)(O)C(C)(O)C(C)(O)C(C)(O)C(C)(O)C(C)(O)C(C)(O)C1(C)O. The van der Waals surface area contributed by atoms with Crippen molar-refractivity contribution in [2.24, 2.45) is 0 Å². The van der Waals surface area contributed by atoms with E-state index in [1.807, 2.05) is 0 Å². The van der Waals surface area contributed by atoms with Crippen LogP contribution in [0.2, 0.25) is 0 Å². The monoisotopic (exact) mass is 542 g/mol.